The fraction of sp³-hybridized carbons (Fsp3) is 0.158. The van der Waals surface area contributed by atoms with Crippen LogP contribution in [-0.2, 0) is 4.79 Å². The number of aryl methyl sites for hydroxylation is 1. The molecular formula is C19H15ClFN3OS. The number of thioether (sulfide) groups is 1. The first-order valence-electron chi connectivity index (χ1n) is 8.06. The normalized spacial score (nSPS) is 16.7. The van der Waals surface area contributed by atoms with Gasteiger partial charge in [0.1, 0.15) is 11.6 Å². The maximum atomic E-state index is 14.5. The molecule has 0 unspecified atom stereocenters. The highest BCUT2D eigenvalue weighted by atomic mass is 35.5. The van der Waals surface area contributed by atoms with Gasteiger partial charge in [0, 0.05) is 11.1 Å². The van der Waals surface area contributed by atoms with Gasteiger partial charge in [0.2, 0.25) is 5.91 Å². The molecule has 0 spiro atoms. The van der Waals surface area contributed by atoms with E-state index >= 15 is 0 Å². The van der Waals surface area contributed by atoms with Crippen LogP contribution in [-0.4, -0.2) is 21.4 Å². The van der Waals surface area contributed by atoms with E-state index in [-0.39, 0.29) is 22.7 Å². The molecule has 26 heavy (non-hydrogen) atoms. The summed E-state index contributed by atoms with van der Waals surface area (Å²) in [5, 5.41) is 7.69. The summed E-state index contributed by atoms with van der Waals surface area (Å²) < 4.78 is 16.1. The van der Waals surface area contributed by atoms with E-state index in [1.807, 2.05) is 25.1 Å². The van der Waals surface area contributed by atoms with Gasteiger partial charge >= 0.3 is 0 Å². The van der Waals surface area contributed by atoms with Crippen molar-refractivity contribution >= 4 is 35.1 Å². The van der Waals surface area contributed by atoms with Gasteiger partial charge < -0.3 is 5.32 Å². The minimum Gasteiger partial charge on any atom is -0.310 e. The SMILES string of the molecule is Cc1nn(-c2ccccc2Cl)c2c1[C@H](c1ccccc1F)SCC(=O)N2. The van der Waals surface area contributed by atoms with Gasteiger partial charge in [-0.1, -0.05) is 41.9 Å². The predicted octanol–water partition coefficient (Wildman–Crippen LogP) is 4.75. The minimum atomic E-state index is -0.332. The monoisotopic (exact) mass is 387 g/mol. The standard InChI is InChI=1S/C19H15ClFN3OS/c1-11-17-18(12-6-2-4-8-14(12)21)26-10-16(25)22-19(17)24(23-11)15-9-5-3-7-13(15)20/h2-9,18H,10H2,1H3,(H,22,25)/t18-/m0/s1. The average Bonchev–Trinajstić information content (AvgIpc) is 2.82. The van der Waals surface area contributed by atoms with Crippen LogP contribution in [0.3, 0.4) is 0 Å². The molecule has 1 atom stereocenters. The van der Waals surface area contributed by atoms with E-state index in [2.05, 4.69) is 10.4 Å². The molecule has 0 aliphatic carbocycles. The van der Waals surface area contributed by atoms with Gasteiger partial charge in [-0.15, -0.1) is 11.8 Å². The summed E-state index contributed by atoms with van der Waals surface area (Å²) in [6.45, 7) is 1.86. The van der Waals surface area contributed by atoms with E-state index in [1.54, 1.807) is 28.9 Å². The Hall–Kier alpha value is -2.31. The quantitative estimate of drug-likeness (QED) is 0.690. The Morgan fingerprint density at radius 3 is 2.73 bits per heavy atom. The Morgan fingerprint density at radius 1 is 1.23 bits per heavy atom. The van der Waals surface area contributed by atoms with Crippen LogP contribution >= 0.6 is 23.4 Å². The van der Waals surface area contributed by atoms with Crippen molar-refractivity contribution in [2.45, 2.75) is 12.2 Å². The zero-order valence-corrected chi connectivity index (χ0v) is 15.4. The van der Waals surface area contributed by atoms with Gasteiger partial charge in [0.05, 0.1) is 27.4 Å². The Bertz CT molecular complexity index is 1000. The Morgan fingerprint density at radius 2 is 1.96 bits per heavy atom. The predicted molar refractivity (Wildman–Crippen MR) is 103 cm³/mol. The lowest BCUT2D eigenvalue weighted by Crippen LogP contribution is -2.16. The number of halogens is 2. The zero-order valence-electron chi connectivity index (χ0n) is 13.9. The van der Waals surface area contributed by atoms with Crippen molar-refractivity contribution in [2.75, 3.05) is 11.1 Å². The van der Waals surface area contributed by atoms with Crippen LogP contribution in [0, 0.1) is 12.7 Å². The number of para-hydroxylation sites is 1. The molecule has 1 aliphatic rings. The van der Waals surface area contributed by atoms with Gasteiger partial charge in [-0.3, -0.25) is 4.79 Å². The van der Waals surface area contributed by atoms with E-state index < -0.39 is 0 Å². The summed E-state index contributed by atoms with van der Waals surface area (Å²) in [6, 6.07) is 13.9. The second-order valence-electron chi connectivity index (χ2n) is 5.97. The van der Waals surface area contributed by atoms with Crippen molar-refractivity contribution < 1.29 is 9.18 Å². The molecule has 7 heteroatoms. The largest absolute Gasteiger partial charge is 0.310 e. The first-order chi connectivity index (χ1) is 12.6. The van der Waals surface area contributed by atoms with Gasteiger partial charge in [-0.05, 0) is 25.1 Å². The Labute approximate surface area is 159 Å². The Balaban J connectivity index is 1.94. The number of hydrogen-bond acceptors (Lipinski definition) is 3. The van der Waals surface area contributed by atoms with Crippen molar-refractivity contribution in [2.24, 2.45) is 0 Å². The number of aromatic nitrogens is 2. The molecule has 2 aromatic carbocycles. The van der Waals surface area contributed by atoms with E-state index in [0.717, 1.165) is 11.3 Å². The van der Waals surface area contributed by atoms with Gasteiger partial charge in [-0.25, -0.2) is 9.07 Å². The number of fused-ring (bicyclic) bond motifs is 1. The highest BCUT2D eigenvalue weighted by Gasteiger charge is 2.32. The highest BCUT2D eigenvalue weighted by Crippen LogP contribution is 2.44. The highest BCUT2D eigenvalue weighted by molar-refractivity contribution is 8.00. The van der Waals surface area contributed by atoms with Crippen LogP contribution in [0.2, 0.25) is 5.02 Å². The first-order valence-corrected chi connectivity index (χ1v) is 9.49. The van der Waals surface area contributed by atoms with Crippen molar-refractivity contribution in [3.63, 3.8) is 0 Å². The molecule has 1 amide bonds. The number of carbonyl (C=O) groups excluding carboxylic acids is 1. The first kappa shape index (κ1) is 17.1. The van der Waals surface area contributed by atoms with Crippen molar-refractivity contribution in [1.82, 2.24) is 9.78 Å². The van der Waals surface area contributed by atoms with E-state index in [9.17, 15) is 9.18 Å². The van der Waals surface area contributed by atoms with Crippen LogP contribution in [0.15, 0.2) is 48.5 Å². The summed E-state index contributed by atoms with van der Waals surface area (Å²) >= 11 is 7.72. The molecule has 1 N–H and O–H groups in total. The van der Waals surface area contributed by atoms with E-state index in [4.69, 9.17) is 11.6 Å². The minimum absolute atomic E-state index is 0.150. The van der Waals surface area contributed by atoms with Gasteiger partial charge in [0.25, 0.3) is 0 Å². The van der Waals surface area contributed by atoms with Crippen LogP contribution in [0.5, 0.6) is 0 Å². The molecule has 132 valence electrons. The van der Waals surface area contributed by atoms with Crippen LogP contribution in [0.1, 0.15) is 22.1 Å². The number of carbonyl (C=O) groups is 1. The third kappa shape index (κ3) is 2.89. The number of amides is 1. The summed E-state index contributed by atoms with van der Waals surface area (Å²) in [5.41, 5.74) is 2.73. The molecule has 0 saturated heterocycles. The second kappa shape index (κ2) is 6.78. The number of nitrogens with one attached hydrogen (secondary N) is 1. The van der Waals surface area contributed by atoms with Crippen LogP contribution < -0.4 is 5.32 Å². The van der Waals surface area contributed by atoms with Crippen molar-refractivity contribution in [3.8, 4) is 5.69 Å². The van der Waals surface area contributed by atoms with Crippen molar-refractivity contribution in [3.05, 3.63) is 76.2 Å². The second-order valence-corrected chi connectivity index (χ2v) is 7.47. The van der Waals surface area contributed by atoms with E-state index in [0.29, 0.717) is 22.1 Å². The smallest absolute Gasteiger partial charge is 0.235 e. The van der Waals surface area contributed by atoms with Gasteiger partial charge in [0.15, 0.2) is 0 Å². The fourth-order valence-corrected chi connectivity index (χ4v) is 4.54. The van der Waals surface area contributed by atoms with Crippen LogP contribution in [0.4, 0.5) is 10.2 Å². The number of anilines is 1. The topological polar surface area (TPSA) is 46.9 Å². The average molecular weight is 388 g/mol. The maximum Gasteiger partial charge on any atom is 0.235 e. The molecule has 4 rings (SSSR count). The molecule has 0 radical (unpaired) electrons. The number of rotatable bonds is 2. The van der Waals surface area contributed by atoms with E-state index in [1.165, 1.54) is 17.8 Å². The fourth-order valence-electron chi connectivity index (χ4n) is 3.11. The molecule has 1 aliphatic heterocycles. The lowest BCUT2D eigenvalue weighted by Gasteiger charge is -2.16. The summed E-state index contributed by atoms with van der Waals surface area (Å²) in [7, 11) is 0. The molecule has 3 aromatic rings. The molecule has 2 heterocycles. The number of benzene rings is 2. The Kier molecular flexibility index (Phi) is 4.46. The third-order valence-electron chi connectivity index (χ3n) is 4.28. The lowest BCUT2D eigenvalue weighted by molar-refractivity contribution is -0.113. The molecule has 4 nitrogen and oxygen atoms in total. The maximum absolute atomic E-state index is 14.5. The van der Waals surface area contributed by atoms with Gasteiger partial charge in [-0.2, -0.15) is 5.10 Å². The molecule has 1 aromatic heterocycles. The zero-order chi connectivity index (χ0) is 18.3. The lowest BCUT2D eigenvalue weighted by atomic mass is 10.0. The number of nitrogens with zero attached hydrogens (tertiary/aromatic N) is 2. The third-order valence-corrected chi connectivity index (χ3v) is 5.85. The van der Waals surface area contributed by atoms with Crippen molar-refractivity contribution in [1.29, 1.82) is 0 Å². The summed E-state index contributed by atoms with van der Waals surface area (Å²) in [5.74, 6) is 0.327. The molecule has 0 bridgehead atoms. The summed E-state index contributed by atoms with van der Waals surface area (Å²) in [4.78, 5) is 12.3. The number of hydrogen-bond donors (Lipinski definition) is 1. The molecular weight excluding hydrogens is 373 g/mol. The van der Waals surface area contributed by atoms with Crippen LogP contribution in [0.25, 0.3) is 5.69 Å². The summed E-state index contributed by atoms with van der Waals surface area (Å²) in [6.07, 6.45) is 0. The molecule has 0 saturated carbocycles. The molecule has 0 fully saturated rings.